The topological polar surface area (TPSA) is 69.9 Å². The SMILES string of the molecule is C1=C(n2c3ccccc3c3c4oc5ccccc5c4ccc32)c2oc3c(-c4nc(-c5ccccc5)nc(-c5ccccc5)n4)cccc3c2CC1. The van der Waals surface area contributed by atoms with Gasteiger partial charge in [-0.3, -0.25) is 0 Å². The molecule has 240 valence electrons. The molecule has 0 N–H and O–H groups in total. The third-order valence-corrected chi connectivity index (χ3v) is 10.1. The number of benzene rings is 6. The lowest BCUT2D eigenvalue weighted by molar-refractivity contribution is 0.586. The highest BCUT2D eigenvalue weighted by molar-refractivity contribution is 6.24. The van der Waals surface area contributed by atoms with Crippen LogP contribution in [-0.2, 0) is 6.42 Å². The van der Waals surface area contributed by atoms with Crippen molar-refractivity contribution in [3.63, 3.8) is 0 Å². The lowest BCUT2D eigenvalue weighted by Gasteiger charge is -2.16. The number of furan rings is 2. The van der Waals surface area contributed by atoms with Gasteiger partial charge >= 0.3 is 0 Å². The summed E-state index contributed by atoms with van der Waals surface area (Å²) in [6.45, 7) is 0. The predicted octanol–water partition coefficient (Wildman–Crippen LogP) is 11.5. The van der Waals surface area contributed by atoms with Gasteiger partial charge in [0.05, 0.1) is 27.7 Å². The van der Waals surface area contributed by atoms with E-state index in [9.17, 15) is 0 Å². The molecule has 6 aromatic carbocycles. The zero-order valence-electron chi connectivity index (χ0n) is 27.4. The number of rotatable bonds is 4. The summed E-state index contributed by atoms with van der Waals surface area (Å²) in [4.78, 5) is 15.0. The van der Waals surface area contributed by atoms with Gasteiger partial charge in [0.1, 0.15) is 16.7 Å². The van der Waals surface area contributed by atoms with Crippen LogP contribution >= 0.6 is 0 Å². The van der Waals surface area contributed by atoms with Crippen LogP contribution in [-0.4, -0.2) is 19.5 Å². The number of hydrogen-bond donors (Lipinski definition) is 0. The third kappa shape index (κ3) is 4.20. The minimum atomic E-state index is 0.578. The van der Waals surface area contributed by atoms with Crippen LogP contribution in [0.5, 0.6) is 0 Å². The van der Waals surface area contributed by atoms with E-state index in [0.717, 1.165) is 95.7 Å². The van der Waals surface area contributed by atoms with Crippen LogP contribution in [0.1, 0.15) is 17.7 Å². The standard InChI is InChI=1S/C45H28N4O2/c1-3-13-27(14-4-1)43-46-44(28-15-5-2-6-16-28)48-45(47-43)34-21-11-19-30-31-20-12-23-37(41(31)51-40(30)34)49-35-22-9-7-18-33(35)39-36(49)26-25-32-29-17-8-10-24-38(29)50-42(32)39/h1-11,13-19,21-26H,12,20H2. The van der Waals surface area contributed by atoms with Crippen LogP contribution in [0.15, 0.2) is 154 Å². The Morgan fingerprint density at radius 3 is 1.94 bits per heavy atom. The Hall–Kier alpha value is -6.79. The van der Waals surface area contributed by atoms with Crippen LogP contribution in [0.2, 0.25) is 0 Å². The Bertz CT molecular complexity index is 2970. The van der Waals surface area contributed by atoms with Crippen LogP contribution in [0, 0.1) is 0 Å². The number of para-hydroxylation sites is 3. The normalized spacial score (nSPS) is 13.1. The van der Waals surface area contributed by atoms with Crippen molar-refractivity contribution in [2.24, 2.45) is 0 Å². The first-order valence-corrected chi connectivity index (χ1v) is 17.3. The van der Waals surface area contributed by atoms with Gasteiger partial charge in [-0.2, -0.15) is 0 Å². The second-order valence-electron chi connectivity index (χ2n) is 13.0. The van der Waals surface area contributed by atoms with Crippen LogP contribution in [0.3, 0.4) is 0 Å². The van der Waals surface area contributed by atoms with Gasteiger partial charge in [-0.15, -0.1) is 0 Å². The summed E-state index contributed by atoms with van der Waals surface area (Å²) >= 11 is 0. The van der Waals surface area contributed by atoms with Crippen molar-refractivity contribution in [2.45, 2.75) is 12.8 Å². The highest BCUT2D eigenvalue weighted by Gasteiger charge is 2.28. The van der Waals surface area contributed by atoms with Gasteiger partial charge in [0.25, 0.3) is 0 Å². The first-order chi connectivity index (χ1) is 25.3. The van der Waals surface area contributed by atoms with E-state index < -0.39 is 0 Å². The first-order valence-electron chi connectivity index (χ1n) is 17.3. The lowest BCUT2D eigenvalue weighted by atomic mass is 9.97. The van der Waals surface area contributed by atoms with Gasteiger partial charge in [0.2, 0.25) is 0 Å². The molecule has 11 rings (SSSR count). The van der Waals surface area contributed by atoms with Crippen molar-refractivity contribution in [2.75, 3.05) is 0 Å². The molecular weight excluding hydrogens is 629 g/mol. The van der Waals surface area contributed by atoms with E-state index in [4.69, 9.17) is 23.8 Å². The van der Waals surface area contributed by atoms with Gasteiger partial charge in [0.15, 0.2) is 23.2 Å². The van der Waals surface area contributed by atoms with E-state index in [1.165, 1.54) is 5.56 Å². The van der Waals surface area contributed by atoms with E-state index in [-0.39, 0.29) is 0 Å². The van der Waals surface area contributed by atoms with Crippen molar-refractivity contribution in [1.82, 2.24) is 19.5 Å². The zero-order chi connectivity index (χ0) is 33.5. The second-order valence-corrected chi connectivity index (χ2v) is 13.0. The number of allylic oxidation sites excluding steroid dienone is 1. The molecule has 6 nitrogen and oxygen atoms in total. The van der Waals surface area contributed by atoms with Crippen molar-refractivity contribution in [3.8, 4) is 34.2 Å². The van der Waals surface area contributed by atoms with E-state index in [0.29, 0.717) is 17.5 Å². The Kier molecular flexibility index (Phi) is 5.98. The van der Waals surface area contributed by atoms with E-state index in [1.54, 1.807) is 0 Å². The fourth-order valence-electron chi connectivity index (χ4n) is 7.86. The number of fused-ring (bicyclic) bond motifs is 10. The minimum Gasteiger partial charge on any atom is -0.455 e. The van der Waals surface area contributed by atoms with Crippen LogP contribution in [0.25, 0.3) is 94.6 Å². The Morgan fingerprint density at radius 1 is 0.490 bits per heavy atom. The molecule has 1 aliphatic carbocycles. The predicted molar refractivity (Wildman–Crippen MR) is 204 cm³/mol. The average molecular weight is 657 g/mol. The van der Waals surface area contributed by atoms with Gasteiger partial charge in [0, 0.05) is 38.2 Å². The molecule has 10 aromatic rings. The summed E-state index contributed by atoms with van der Waals surface area (Å²) in [5, 5.41) is 5.58. The molecule has 0 saturated heterocycles. The van der Waals surface area contributed by atoms with Crippen molar-refractivity contribution < 1.29 is 8.83 Å². The number of nitrogens with zero attached hydrogens (tertiary/aromatic N) is 4. The Morgan fingerprint density at radius 2 is 1.16 bits per heavy atom. The molecule has 0 saturated carbocycles. The van der Waals surface area contributed by atoms with E-state index in [2.05, 4.69) is 77.4 Å². The van der Waals surface area contributed by atoms with E-state index in [1.807, 2.05) is 72.8 Å². The molecule has 0 bridgehead atoms. The van der Waals surface area contributed by atoms with Crippen molar-refractivity contribution in [3.05, 3.63) is 157 Å². The molecule has 4 aromatic heterocycles. The average Bonchev–Trinajstić information content (AvgIpc) is 3.88. The maximum absolute atomic E-state index is 7.02. The molecule has 0 unspecified atom stereocenters. The molecular formula is C45H28N4O2. The molecule has 51 heavy (non-hydrogen) atoms. The quantitative estimate of drug-likeness (QED) is 0.189. The highest BCUT2D eigenvalue weighted by Crippen LogP contribution is 2.45. The maximum Gasteiger partial charge on any atom is 0.167 e. The van der Waals surface area contributed by atoms with Gasteiger partial charge < -0.3 is 13.4 Å². The molecule has 0 radical (unpaired) electrons. The van der Waals surface area contributed by atoms with E-state index >= 15 is 0 Å². The summed E-state index contributed by atoms with van der Waals surface area (Å²) in [6, 6.07) is 47.7. The van der Waals surface area contributed by atoms with Gasteiger partial charge in [-0.05, 0) is 43.2 Å². The number of aromatic nitrogens is 4. The van der Waals surface area contributed by atoms with Gasteiger partial charge in [-0.25, -0.2) is 15.0 Å². The molecule has 0 spiro atoms. The molecule has 0 atom stereocenters. The molecule has 4 heterocycles. The molecule has 0 aliphatic heterocycles. The fourth-order valence-corrected chi connectivity index (χ4v) is 7.86. The Labute approximate surface area is 291 Å². The highest BCUT2D eigenvalue weighted by atomic mass is 16.3. The van der Waals surface area contributed by atoms with Gasteiger partial charge in [-0.1, -0.05) is 115 Å². The summed E-state index contributed by atoms with van der Waals surface area (Å²) < 4.78 is 15.9. The summed E-state index contributed by atoms with van der Waals surface area (Å²) in [7, 11) is 0. The van der Waals surface area contributed by atoms with Crippen molar-refractivity contribution in [1.29, 1.82) is 0 Å². The summed E-state index contributed by atoms with van der Waals surface area (Å²) in [5.41, 5.74) is 9.70. The molecule has 1 aliphatic rings. The monoisotopic (exact) mass is 656 g/mol. The largest absolute Gasteiger partial charge is 0.455 e. The fraction of sp³-hybridized carbons (Fsp3) is 0.0444. The summed E-state index contributed by atoms with van der Waals surface area (Å²) in [5.74, 6) is 2.69. The molecule has 6 heteroatoms. The number of hydrogen-bond acceptors (Lipinski definition) is 5. The molecule has 0 fully saturated rings. The minimum absolute atomic E-state index is 0.578. The smallest absolute Gasteiger partial charge is 0.167 e. The van der Waals surface area contributed by atoms with Crippen LogP contribution in [0.4, 0.5) is 0 Å². The second kappa shape index (κ2) is 10.9. The maximum atomic E-state index is 7.02. The van der Waals surface area contributed by atoms with Crippen LogP contribution < -0.4 is 0 Å². The zero-order valence-corrected chi connectivity index (χ0v) is 27.4. The molecule has 0 amide bonds. The lowest BCUT2D eigenvalue weighted by Crippen LogP contribution is -2.04. The summed E-state index contributed by atoms with van der Waals surface area (Å²) in [6.07, 6.45) is 4.08. The first kappa shape index (κ1) is 28.1. The third-order valence-electron chi connectivity index (χ3n) is 10.1. The van der Waals surface area contributed by atoms with Crippen molar-refractivity contribution >= 4 is 60.4 Å². The Balaban J connectivity index is 1.14. The number of aryl methyl sites for hydroxylation is 1.